The van der Waals surface area contributed by atoms with Crippen LogP contribution in [-0.4, -0.2) is 62.0 Å². The van der Waals surface area contributed by atoms with Crippen molar-refractivity contribution in [1.29, 1.82) is 0 Å². The van der Waals surface area contributed by atoms with Crippen molar-refractivity contribution >= 4 is 11.8 Å². The van der Waals surface area contributed by atoms with Gasteiger partial charge in [-0.1, -0.05) is 12.8 Å². The first-order chi connectivity index (χ1) is 12.6. The van der Waals surface area contributed by atoms with Gasteiger partial charge in [-0.3, -0.25) is 9.59 Å². The summed E-state index contributed by atoms with van der Waals surface area (Å²) in [4.78, 5) is 29.3. The molecule has 6 nitrogen and oxygen atoms in total. The van der Waals surface area contributed by atoms with E-state index in [4.69, 9.17) is 9.47 Å². The SMILES string of the molecule is COc1ccc(C(=O)N2CCCN(C(=O)C3CCCC3)CC2)cc1OC. The van der Waals surface area contributed by atoms with Crippen LogP contribution in [0.2, 0.25) is 0 Å². The molecule has 1 aliphatic heterocycles. The minimum absolute atomic E-state index is 0.0267. The molecular weight excluding hydrogens is 332 g/mol. The molecule has 1 saturated heterocycles. The Morgan fingerprint density at radius 1 is 0.885 bits per heavy atom. The third-order valence-corrected chi connectivity index (χ3v) is 5.43. The molecule has 2 amide bonds. The normalized spacial score (nSPS) is 18.5. The van der Waals surface area contributed by atoms with Crippen molar-refractivity contribution in [3.8, 4) is 11.5 Å². The van der Waals surface area contributed by atoms with Gasteiger partial charge in [-0.25, -0.2) is 0 Å². The second-order valence-electron chi connectivity index (χ2n) is 7.02. The molecule has 1 aromatic rings. The molecule has 2 fully saturated rings. The number of carbonyl (C=O) groups is 2. The largest absolute Gasteiger partial charge is 0.493 e. The van der Waals surface area contributed by atoms with Gasteiger partial charge < -0.3 is 19.3 Å². The Labute approximate surface area is 155 Å². The van der Waals surface area contributed by atoms with E-state index in [9.17, 15) is 9.59 Å². The van der Waals surface area contributed by atoms with Gasteiger partial charge in [-0.15, -0.1) is 0 Å². The van der Waals surface area contributed by atoms with Crippen molar-refractivity contribution in [2.24, 2.45) is 5.92 Å². The third kappa shape index (κ3) is 3.94. The molecule has 0 aromatic heterocycles. The van der Waals surface area contributed by atoms with Crippen LogP contribution in [0.3, 0.4) is 0 Å². The molecule has 1 heterocycles. The summed E-state index contributed by atoms with van der Waals surface area (Å²) in [6.45, 7) is 2.60. The smallest absolute Gasteiger partial charge is 0.254 e. The predicted molar refractivity (Wildman–Crippen MR) is 98.6 cm³/mol. The van der Waals surface area contributed by atoms with Crippen LogP contribution >= 0.6 is 0 Å². The van der Waals surface area contributed by atoms with E-state index in [1.165, 1.54) is 0 Å². The average Bonchev–Trinajstić information content (AvgIpc) is 3.11. The number of amides is 2. The Bertz CT molecular complexity index is 655. The van der Waals surface area contributed by atoms with E-state index in [0.29, 0.717) is 36.7 Å². The second kappa shape index (κ2) is 8.43. The van der Waals surface area contributed by atoms with Gasteiger partial charge in [0.25, 0.3) is 5.91 Å². The van der Waals surface area contributed by atoms with Crippen LogP contribution in [0, 0.1) is 5.92 Å². The molecule has 0 bridgehead atoms. The monoisotopic (exact) mass is 360 g/mol. The molecule has 0 atom stereocenters. The highest BCUT2D eigenvalue weighted by atomic mass is 16.5. The maximum atomic E-state index is 12.9. The molecule has 3 rings (SSSR count). The minimum Gasteiger partial charge on any atom is -0.493 e. The summed E-state index contributed by atoms with van der Waals surface area (Å²) >= 11 is 0. The van der Waals surface area contributed by atoms with Crippen molar-refractivity contribution < 1.29 is 19.1 Å². The number of methoxy groups -OCH3 is 2. The number of rotatable bonds is 4. The lowest BCUT2D eigenvalue weighted by Gasteiger charge is -2.24. The predicted octanol–water partition coefficient (Wildman–Crippen LogP) is 2.57. The quantitative estimate of drug-likeness (QED) is 0.828. The number of nitrogens with zero attached hydrogens (tertiary/aromatic N) is 2. The van der Waals surface area contributed by atoms with Crippen molar-refractivity contribution in [2.45, 2.75) is 32.1 Å². The summed E-state index contributed by atoms with van der Waals surface area (Å²) < 4.78 is 10.5. The first-order valence-electron chi connectivity index (χ1n) is 9.44. The summed E-state index contributed by atoms with van der Waals surface area (Å²) in [6, 6.07) is 5.23. The van der Waals surface area contributed by atoms with Crippen molar-refractivity contribution in [1.82, 2.24) is 9.80 Å². The van der Waals surface area contributed by atoms with Crippen LogP contribution in [0.25, 0.3) is 0 Å². The first kappa shape index (κ1) is 18.5. The lowest BCUT2D eigenvalue weighted by atomic mass is 10.1. The van der Waals surface area contributed by atoms with Gasteiger partial charge >= 0.3 is 0 Å². The number of hydrogen-bond donors (Lipinski definition) is 0. The van der Waals surface area contributed by atoms with Crippen molar-refractivity contribution in [3.63, 3.8) is 0 Å². The summed E-state index contributed by atoms with van der Waals surface area (Å²) in [6.07, 6.45) is 5.17. The van der Waals surface area contributed by atoms with Crippen molar-refractivity contribution in [3.05, 3.63) is 23.8 Å². The van der Waals surface area contributed by atoms with Crippen LogP contribution in [0.5, 0.6) is 11.5 Å². The van der Waals surface area contributed by atoms with Crippen LogP contribution in [0.1, 0.15) is 42.5 Å². The summed E-state index contributed by atoms with van der Waals surface area (Å²) in [7, 11) is 3.13. The van der Waals surface area contributed by atoms with E-state index in [0.717, 1.165) is 38.6 Å². The van der Waals surface area contributed by atoms with E-state index in [-0.39, 0.29) is 17.7 Å². The van der Waals surface area contributed by atoms with E-state index >= 15 is 0 Å². The fourth-order valence-electron chi connectivity index (χ4n) is 3.92. The summed E-state index contributed by atoms with van der Waals surface area (Å²) in [5.41, 5.74) is 0.582. The Hall–Kier alpha value is -2.24. The van der Waals surface area contributed by atoms with Gasteiger partial charge in [0.2, 0.25) is 5.91 Å². The molecule has 26 heavy (non-hydrogen) atoms. The number of hydrogen-bond acceptors (Lipinski definition) is 4. The number of ether oxygens (including phenoxy) is 2. The van der Waals surface area contributed by atoms with Gasteiger partial charge in [0.15, 0.2) is 11.5 Å². The molecule has 0 unspecified atom stereocenters. The van der Waals surface area contributed by atoms with Crippen LogP contribution < -0.4 is 9.47 Å². The van der Waals surface area contributed by atoms with E-state index in [1.54, 1.807) is 32.4 Å². The fourth-order valence-corrected chi connectivity index (χ4v) is 3.92. The second-order valence-corrected chi connectivity index (χ2v) is 7.02. The molecule has 6 heteroatoms. The highest BCUT2D eigenvalue weighted by molar-refractivity contribution is 5.95. The van der Waals surface area contributed by atoms with E-state index < -0.39 is 0 Å². The molecule has 1 aromatic carbocycles. The molecule has 142 valence electrons. The average molecular weight is 360 g/mol. The fraction of sp³-hybridized carbons (Fsp3) is 0.600. The highest BCUT2D eigenvalue weighted by Crippen LogP contribution is 2.29. The van der Waals surface area contributed by atoms with E-state index in [2.05, 4.69) is 0 Å². The lowest BCUT2D eigenvalue weighted by molar-refractivity contribution is -0.135. The van der Waals surface area contributed by atoms with E-state index in [1.807, 2.05) is 9.80 Å². The van der Waals surface area contributed by atoms with Crippen molar-refractivity contribution in [2.75, 3.05) is 40.4 Å². The maximum Gasteiger partial charge on any atom is 0.254 e. The minimum atomic E-state index is -0.0267. The molecule has 1 aliphatic carbocycles. The summed E-state index contributed by atoms with van der Waals surface area (Å²) in [5.74, 6) is 1.60. The molecule has 1 saturated carbocycles. The third-order valence-electron chi connectivity index (χ3n) is 5.43. The van der Waals surface area contributed by atoms with Crippen LogP contribution in [0.15, 0.2) is 18.2 Å². The van der Waals surface area contributed by atoms with Gasteiger partial charge in [-0.2, -0.15) is 0 Å². The molecule has 0 N–H and O–H groups in total. The van der Waals surface area contributed by atoms with Gasteiger partial charge in [0, 0.05) is 37.7 Å². The molecule has 0 radical (unpaired) electrons. The van der Waals surface area contributed by atoms with Gasteiger partial charge in [-0.05, 0) is 37.5 Å². The standard InChI is InChI=1S/C20H28N2O4/c1-25-17-9-8-16(14-18(17)26-2)20(24)22-11-5-10-21(12-13-22)19(23)15-6-3-4-7-15/h8-9,14-15H,3-7,10-13H2,1-2H3. The Morgan fingerprint density at radius 2 is 1.54 bits per heavy atom. The molecule has 2 aliphatic rings. The Balaban J connectivity index is 1.65. The summed E-state index contributed by atoms with van der Waals surface area (Å²) in [5, 5.41) is 0. The number of benzene rings is 1. The highest BCUT2D eigenvalue weighted by Gasteiger charge is 2.29. The van der Waals surface area contributed by atoms with Crippen LogP contribution in [0.4, 0.5) is 0 Å². The zero-order chi connectivity index (χ0) is 18.5. The van der Waals surface area contributed by atoms with Crippen LogP contribution in [-0.2, 0) is 4.79 Å². The Kier molecular flexibility index (Phi) is 6.01. The Morgan fingerprint density at radius 3 is 2.23 bits per heavy atom. The topological polar surface area (TPSA) is 59.1 Å². The van der Waals surface area contributed by atoms with Gasteiger partial charge in [0.05, 0.1) is 14.2 Å². The zero-order valence-corrected chi connectivity index (χ0v) is 15.7. The zero-order valence-electron chi connectivity index (χ0n) is 15.7. The first-order valence-corrected chi connectivity index (χ1v) is 9.44. The molecule has 0 spiro atoms. The molecular formula is C20H28N2O4. The lowest BCUT2D eigenvalue weighted by Crippen LogP contribution is -2.39. The van der Waals surface area contributed by atoms with Gasteiger partial charge in [0.1, 0.15) is 0 Å². The maximum absolute atomic E-state index is 12.9. The number of carbonyl (C=O) groups excluding carboxylic acids is 2.